The number of amides is 1. The van der Waals surface area contributed by atoms with Crippen molar-refractivity contribution in [1.29, 1.82) is 0 Å². The van der Waals surface area contributed by atoms with Gasteiger partial charge in [-0.15, -0.1) is 0 Å². The summed E-state index contributed by atoms with van der Waals surface area (Å²) in [6, 6.07) is 6.18. The van der Waals surface area contributed by atoms with Crippen LogP contribution in [-0.2, 0) is 14.8 Å². The van der Waals surface area contributed by atoms with E-state index < -0.39 is 10.0 Å². The molecule has 1 aliphatic rings. The number of nitrogens with zero attached hydrogens (tertiary/aromatic N) is 1. The van der Waals surface area contributed by atoms with Crippen molar-refractivity contribution in [2.75, 3.05) is 18.1 Å². The Morgan fingerprint density at radius 3 is 2.07 bits per heavy atom. The maximum atomic E-state index is 12.7. The number of hydrogen-bond donors (Lipinski definition) is 1. The van der Waals surface area contributed by atoms with Crippen molar-refractivity contribution in [2.24, 2.45) is 0 Å². The lowest BCUT2D eigenvalue weighted by molar-refractivity contribution is -0.116. The number of hydrogen-bond acceptors (Lipinski definition) is 3. The molecule has 1 fully saturated rings. The molecule has 1 N–H and O–H groups in total. The fourth-order valence-electron chi connectivity index (χ4n) is 3.92. The van der Waals surface area contributed by atoms with Gasteiger partial charge in [0.25, 0.3) is 0 Å². The molecular formula is C21H34N2O3S. The van der Waals surface area contributed by atoms with E-state index >= 15 is 0 Å². The molecule has 1 amide bonds. The number of nitrogens with one attached hydrogen (secondary N) is 1. The van der Waals surface area contributed by atoms with E-state index in [2.05, 4.69) is 33.0 Å². The van der Waals surface area contributed by atoms with Crippen LogP contribution in [-0.4, -0.2) is 37.5 Å². The summed E-state index contributed by atoms with van der Waals surface area (Å²) in [6.45, 7) is 8.69. The molecule has 0 radical (unpaired) electrons. The first-order chi connectivity index (χ1) is 12.6. The highest BCUT2D eigenvalue weighted by Crippen LogP contribution is 2.32. The Balaban J connectivity index is 2.13. The highest BCUT2D eigenvalue weighted by molar-refractivity contribution is 7.88. The zero-order valence-corrected chi connectivity index (χ0v) is 18.1. The first-order valence-electron chi connectivity index (χ1n) is 10.0. The fourth-order valence-corrected chi connectivity index (χ4v) is 5.10. The van der Waals surface area contributed by atoms with Gasteiger partial charge in [-0.25, -0.2) is 8.42 Å². The van der Waals surface area contributed by atoms with E-state index in [-0.39, 0.29) is 24.9 Å². The standard InChI is InChI=1S/C21H34N2O3S/c1-15(2)18-11-8-12-19(16(3)4)21(18)22-20(24)13-14-23(27(5,25)26)17-9-6-7-10-17/h8,11-12,15-17H,6-7,9-10,13-14H2,1-5H3,(H,22,24). The predicted molar refractivity (Wildman–Crippen MR) is 112 cm³/mol. The lowest BCUT2D eigenvalue weighted by Crippen LogP contribution is -2.40. The summed E-state index contributed by atoms with van der Waals surface area (Å²) in [5.74, 6) is 0.465. The van der Waals surface area contributed by atoms with Crippen molar-refractivity contribution in [3.63, 3.8) is 0 Å². The Bertz CT molecular complexity index is 724. The summed E-state index contributed by atoms with van der Waals surface area (Å²) >= 11 is 0. The molecule has 1 aromatic rings. The molecule has 6 heteroatoms. The summed E-state index contributed by atoms with van der Waals surface area (Å²) in [4.78, 5) is 12.7. The summed E-state index contributed by atoms with van der Waals surface area (Å²) in [5.41, 5.74) is 3.12. The van der Waals surface area contributed by atoms with Gasteiger partial charge in [-0.05, 0) is 35.8 Å². The molecule has 0 saturated heterocycles. The van der Waals surface area contributed by atoms with E-state index in [1.807, 2.05) is 18.2 Å². The first kappa shape index (κ1) is 21.9. The second-order valence-electron chi connectivity index (χ2n) is 8.23. The third-order valence-electron chi connectivity index (χ3n) is 5.35. The molecule has 0 aliphatic heterocycles. The predicted octanol–water partition coefficient (Wildman–Crippen LogP) is 4.47. The van der Waals surface area contributed by atoms with Crippen molar-refractivity contribution in [3.8, 4) is 0 Å². The van der Waals surface area contributed by atoms with Crippen LogP contribution in [0, 0.1) is 0 Å². The minimum Gasteiger partial charge on any atom is -0.326 e. The van der Waals surface area contributed by atoms with E-state index in [9.17, 15) is 13.2 Å². The van der Waals surface area contributed by atoms with E-state index in [1.165, 1.54) is 10.6 Å². The van der Waals surface area contributed by atoms with Gasteiger partial charge >= 0.3 is 0 Å². The normalized spacial score (nSPS) is 15.9. The van der Waals surface area contributed by atoms with Crippen LogP contribution >= 0.6 is 0 Å². The molecule has 27 heavy (non-hydrogen) atoms. The largest absolute Gasteiger partial charge is 0.326 e. The van der Waals surface area contributed by atoms with Gasteiger partial charge in [0.15, 0.2) is 0 Å². The summed E-state index contributed by atoms with van der Waals surface area (Å²) in [5, 5.41) is 3.08. The molecule has 1 aliphatic carbocycles. The minimum absolute atomic E-state index is 0.0435. The van der Waals surface area contributed by atoms with Crippen molar-refractivity contribution in [1.82, 2.24) is 4.31 Å². The monoisotopic (exact) mass is 394 g/mol. The summed E-state index contributed by atoms with van der Waals surface area (Å²) in [6.07, 6.45) is 5.32. The zero-order chi connectivity index (χ0) is 20.2. The van der Waals surface area contributed by atoms with Crippen LogP contribution in [0.2, 0.25) is 0 Å². The molecule has 1 aromatic carbocycles. The number of sulfonamides is 1. The van der Waals surface area contributed by atoms with Crippen molar-refractivity contribution in [3.05, 3.63) is 29.3 Å². The number of para-hydroxylation sites is 1. The Kier molecular flexibility index (Phi) is 7.46. The quantitative estimate of drug-likeness (QED) is 0.707. The molecule has 1 saturated carbocycles. The van der Waals surface area contributed by atoms with Crippen molar-refractivity contribution in [2.45, 2.75) is 77.7 Å². The SMILES string of the molecule is CC(C)c1cccc(C(C)C)c1NC(=O)CCN(C1CCCC1)S(C)(=O)=O. The van der Waals surface area contributed by atoms with Gasteiger partial charge in [0.2, 0.25) is 15.9 Å². The molecule has 0 unspecified atom stereocenters. The maximum Gasteiger partial charge on any atom is 0.225 e. The number of benzene rings is 1. The molecule has 0 aromatic heterocycles. The highest BCUT2D eigenvalue weighted by atomic mass is 32.2. The summed E-state index contributed by atoms with van der Waals surface area (Å²) in [7, 11) is -3.31. The first-order valence-corrected chi connectivity index (χ1v) is 11.9. The second-order valence-corrected chi connectivity index (χ2v) is 10.2. The highest BCUT2D eigenvalue weighted by Gasteiger charge is 2.29. The molecule has 0 atom stereocenters. The second kappa shape index (κ2) is 9.20. The maximum absolute atomic E-state index is 12.7. The van der Waals surface area contributed by atoms with Crippen LogP contribution in [0.15, 0.2) is 18.2 Å². The van der Waals surface area contributed by atoms with Gasteiger partial charge in [0, 0.05) is 24.7 Å². The fraction of sp³-hybridized carbons (Fsp3) is 0.667. The smallest absolute Gasteiger partial charge is 0.225 e. The van der Waals surface area contributed by atoms with Crippen molar-refractivity contribution >= 4 is 21.6 Å². The van der Waals surface area contributed by atoms with E-state index in [0.29, 0.717) is 11.8 Å². The van der Waals surface area contributed by atoms with Crippen LogP contribution in [0.25, 0.3) is 0 Å². The van der Waals surface area contributed by atoms with Gasteiger partial charge in [0.1, 0.15) is 0 Å². The van der Waals surface area contributed by atoms with E-state index in [1.54, 1.807) is 0 Å². The van der Waals surface area contributed by atoms with Crippen LogP contribution < -0.4 is 5.32 Å². The number of carbonyl (C=O) groups is 1. The van der Waals surface area contributed by atoms with Gasteiger partial charge in [-0.3, -0.25) is 4.79 Å². The van der Waals surface area contributed by atoms with Crippen molar-refractivity contribution < 1.29 is 13.2 Å². The molecule has 0 bridgehead atoms. The Morgan fingerprint density at radius 1 is 1.11 bits per heavy atom. The van der Waals surface area contributed by atoms with Crippen LogP contribution in [0.5, 0.6) is 0 Å². The zero-order valence-electron chi connectivity index (χ0n) is 17.3. The van der Waals surface area contributed by atoms with Gasteiger partial charge in [-0.1, -0.05) is 58.7 Å². The molecule has 2 rings (SSSR count). The summed E-state index contributed by atoms with van der Waals surface area (Å²) < 4.78 is 25.9. The minimum atomic E-state index is -3.31. The number of carbonyl (C=O) groups excluding carboxylic acids is 1. The number of anilines is 1. The van der Waals surface area contributed by atoms with Crippen LogP contribution in [0.3, 0.4) is 0 Å². The third-order valence-corrected chi connectivity index (χ3v) is 6.69. The topological polar surface area (TPSA) is 66.5 Å². The number of rotatable bonds is 8. The van der Waals surface area contributed by atoms with E-state index in [4.69, 9.17) is 0 Å². The van der Waals surface area contributed by atoms with E-state index in [0.717, 1.165) is 42.5 Å². The lowest BCUT2D eigenvalue weighted by Gasteiger charge is -2.26. The molecule has 0 heterocycles. The average molecular weight is 395 g/mol. The van der Waals surface area contributed by atoms with Gasteiger partial charge in [-0.2, -0.15) is 4.31 Å². The molecule has 0 spiro atoms. The van der Waals surface area contributed by atoms with Crippen LogP contribution in [0.4, 0.5) is 5.69 Å². The molecule has 5 nitrogen and oxygen atoms in total. The van der Waals surface area contributed by atoms with Crippen LogP contribution in [0.1, 0.15) is 82.8 Å². The Morgan fingerprint density at radius 2 is 1.63 bits per heavy atom. The van der Waals surface area contributed by atoms with Gasteiger partial charge in [0.05, 0.1) is 6.26 Å². The molecule has 152 valence electrons. The average Bonchev–Trinajstić information content (AvgIpc) is 3.07. The van der Waals surface area contributed by atoms with Gasteiger partial charge < -0.3 is 5.32 Å². The third kappa shape index (κ3) is 5.79. The Hall–Kier alpha value is -1.40. The lowest BCUT2D eigenvalue weighted by atomic mass is 9.92. The Labute approximate surface area is 164 Å². The molecular weight excluding hydrogens is 360 g/mol.